The summed E-state index contributed by atoms with van der Waals surface area (Å²) < 4.78 is 0. The molecule has 1 unspecified atom stereocenters. The lowest BCUT2D eigenvalue weighted by Crippen LogP contribution is -2.38. The number of fused-ring (bicyclic) bond motifs is 1. The van der Waals surface area contributed by atoms with E-state index in [2.05, 4.69) is 4.90 Å². The van der Waals surface area contributed by atoms with Gasteiger partial charge in [-0.2, -0.15) is 0 Å². The maximum Gasteiger partial charge on any atom is 0.308 e. The molecule has 1 fully saturated rings. The predicted molar refractivity (Wildman–Crippen MR) is 80.7 cm³/mol. The molecule has 1 N–H and O–H groups in total. The highest BCUT2D eigenvalue weighted by Gasteiger charge is 2.29. The molecular formula is C16H20N2O3. The number of carboxylic acid groups (broad SMARTS) is 1. The summed E-state index contributed by atoms with van der Waals surface area (Å²) in [7, 11) is 0. The molecule has 3 rings (SSSR count). The lowest BCUT2D eigenvalue weighted by molar-refractivity contribution is -0.142. The summed E-state index contributed by atoms with van der Waals surface area (Å²) in [5.41, 5.74) is 3.08. The van der Waals surface area contributed by atoms with Crippen molar-refractivity contribution in [1.82, 2.24) is 0 Å². The predicted octanol–water partition coefficient (Wildman–Crippen LogP) is 1.90. The van der Waals surface area contributed by atoms with Crippen molar-refractivity contribution >= 4 is 23.3 Å². The first kappa shape index (κ1) is 13.9. The number of carbonyl (C=O) groups excluding carboxylic acids is 1. The van der Waals surface area contributed by atoms with Gasteiger partial charge < -0.3 is 14.9 Å². The number of rotatable bonds is 3. The number of nitrogens with zero attached hydrogens (tertiary/aromatic N) is 2. The topological polar surface area (TPSA) is 60.9 Å². The molecule has 1 amide bonds. The van der Waals surface area contributed by atoms with E-state index >= 15 is 0 Å². The first-order chi connectivity index (χ1) is 10.1. The quantitative estimate of drug-likeness (QED) is 0.922. The molecule has 1 atom stereocenters. The number of carboxylic acids is 1. The first-order valence-corrected chi connectivity index (χ1v) is 7.51. The molecular weight excluding hydrogens is 268 g/mol. The molecule has 0 bridgehead atoms. The zero-order valence-electron chi connectivity index (χ0n) is 12.2. The summed E-state index contributed by atoms with van der Waals surface area (Å²) in [5.74, 6) is -0.860. The fourth-order valence-corrected chi connectivity index (χ4v) is 3.33. The van der Waals surface area contributed by atoms with E-state index in [4.69, 9.17) is 0 Å². The van der Waals surface area contributed by atoms with Gasteiger partial charge in [0.25, 0.3) is 0 Å². The molecule has 2 aliphatic rings. The van der Waals surface area contributed by atoms with E-state index in [0.717, 1.165) is 36.3 Å². The SMILES string of the molecule is CCN1C(=O)Cc2cc(N3CCCC(C(=O)O)C3)ccc21. The standard InChI is InChI=1S/C16H20N2O3/c1-2-18-14-6-5-13(8-12(14)9-15(18)19)17-7-3-4-11(10-17)16(20)21/h5-6,8,11H,2-4,7,9-10H2,1H3,(H,20,21). The van der Waals surface area contributed by atoms with Crippen molar-refractivity contribution in [2.75, 3.05) is 29.4 Å². The number of hydrogen-bond acceptors (Lipinski definition) is 3. The van der Waals surface area contributed by atoms with E-state index in [0.29, 0.717) is 19.5 Å². The Bertz CT molecular complexity index is 585. The van der Waals surface area contributed by atoms with Crippen LogP contribution in [0.2, 0.25) is 0 Å². The average molecular weight is 288 g/mol. The van der Waals surface area contributed by atoms with Gasteiger partial charge >= 0.3 is 5.97 Å². The van der Waals surface area contributed by atoms with Crippen molar-refractivity contribution in [3.63, 3.8) is 0 Å². The van der Waals surface area contributed by atoms with E-state index in [9.17, 15) is 14.7 Å². The number of anilines is 2. The van der Waals surface area contributed by atoms with Crippen LogP contribution in [0.3, 0.4) is 0 Å². The highest BCUT2D eigenvalue weighted by Crippen LogP contribution is 2.33. The second-order valence-corrected chi connectivity index (χ2v) is 5.75. The number of hydrogen-bond donors (Lipinski definition) is 1. The van der Waals surface area contributed by atoms with Gasteiger partial charge in [-0.25, -0.2) is 0 Å². The van der Waals surface area contributed by atoms with Crippen LogP contribution in [-0.4, -0.2) is 36.6 Å². The van der Waals surface area contributed by atoms with Gasteiger partial charge in [0.15, 0.2) is 0 Å². The van der Waals surface area contributed by atoms with Gasteiger partial charge in [0, 0.05) is 31.0 Å². The van der Waals surface area contributed by atoms with Gasteiger partial charge in [-0.3, -0.25) is 9.59 Å². The number of piperidine rings is 1. The molecule has 0 spiro atoms. The van der Waals surface area contributed by atoms with E-state index in [1.807, 2.05) is 25.1 Å². The Balaban J connectivity index is 1.83. The first-order valence-electron chi connectivity index (χ1n) is 7.51. The van der Waals surface area contributed by atoms with Crippen molar-refractivity contribution in [3.05, 3.63) is 23.8 Å². The minimum Gasteiger partial charge on any atom is -0.481 e. The van der Waals surface area contributed by atoms with Gasteiger partial charge in [-0.05, 0) is 43.5 Å². The summed E-state index contributed by atoms with van der Waals surface area (Å²) in [6.45, 7) is 4.10. The molecule has 0 aliphatic carbocycles. The summed E-state index contributed by atoms with van der Waals surface area (Å²) in [5, 5.41) is 9.18. The normalized spacial score (nSPS) is 21.6. The highest BCUT2D eigenvalue weighted by atomic mass is 16.4. The zero-order valence-corrected chi connectivity index (χ0v) is 12.2. The minimum atomic E-state index is -0.715. The fraction of sp³-hybridized carbons (Fsp3) is 0.500. The molecule has 5 nitrogen and oxygen atoms in total. The van der Waals surface area contributed by atoms with E-state index in [-0.39, 0.29) is 11.8 Å². The third-order valence-electron chi connectivity index (χ3n) is 4.45. The molecule has 0 saturated carbocycles. The monoisotopic (exact) mass is 288 g/mol. The van der Waals surface area contributed by atoms with Crippen LogP contribution < -0.4 is 9.80 Å². The van der Waals surface area contributed by atoms with Crippen LogP contribution in [0.4, 0.5) is 11.4 Å². The van der Waals surface area contributed by atoms with Crippen LogP contribution in [0.25, 0.3) is 0 Å². The Morgan fingerprint density at radius 3 is 2.95 bits per heavy atom. The third-order valence-corrected chi connectivity index (χ3v) is 4.45. The zero-order chi connectivity index (χ0) is 15.0. The van der Waals surface area contributed by atoms with E-state index in [1.54, 1.807) is 4.90 Å². The lowest BCUT2D eigenvalue weighted by Gasteiger charge is -2.32. The summed E-state index contributed by atoms with van der Waals surface area (Å²) in [6, 6.07) is 6.04. The Morgan fingerprint density at radius 1 is 1.43 bits per heavy atom. The number of benzene rings is 1. The second-order valence-electron chi connectivity index (χ2n) is 5.75. The van der Waals surface area contributed by atoms with Crippen LogP contribution in [0.15, 0.2) is 18.2 Å². The van der Waals surface area contributed by atoms with Gasteiger partial charge in [0.2, 0.25) is 5.91 Å². The number of amides is 1. The van der Waals surface area contributed by atoms with Gasteiger partial charge in [0.05, 0.1) is 12.3 Å². The summed E-state index contributed by atoms with van der Waals surface area (Å²) in [4.78, 5) is 27.0. The minimum absolute atomic E-state index is 0.145. The van der Waals surface area contributed by atoms with Crippen LogP contribution >= 0.6 is 0 Å². The summed E-state index contributed by atoms with van der Waals surface area (Å²) >= 11 is 0. The molecule has 1 aromatic rings. The Morgan fingerprint density at radius 2 is 2.24 bits per heavy atom. The average Bonchev–Trinajstić information content (AvgIpc) is 2.81. The lowest BCUT2D eigenvalue weighted by atomic mass is 9.97. The molecule has 0 aromatic heterocycles. The van der Waals surface area contributed by atoms with Crippen LogP contribution in [0.1, 0.15) is 25.3 Å². The Labute approximate surface area is 124 Å². The molecule has 112 valence electrons. The van der Waals surface area contributed by atoms with E-state index in [1.165, 1.54) is 0 Å². The molecule has 1 saturated heterocycles. The van der Waals surface area contributed by atoms with Crippen molar-refractivity contribution in [2.24, 2.45) is 5.92 Å². The van der Waals surface area contributed by atoms with Crippen molar-refractivity contribution in [2.45, 2.75) is 26.2 Å². The molecule has 5 heteroatoms. The smallest absolute Gasteiger partial charge is 0.308 e. The Kier molecular flexibility index (Phi) is 3.57. The van der Waals surface area contributed by atoms with Gasteiger partial charge in [-0.1, -0.05) is 0 Å². The van der Waals surface area contributed by atoms with Crippen molar-refractivity contribution < 1.29 is 14.7 Å². The molecule has 2 aliphatic heterocycles. The van der Waals surface area contributed by atoms with Crippen LogP contribution in [0.5, 0.6) is 0 Å². The van der Waals surface area contributed by atoms with Crippen LogP contribution in [-0.2, 0) is 16.0 Å². The highest BCUT2D eigenvalue weighted by molar-refractivity contribution is 6.01. The molecule has 1 aromatic carbocycles. The molecule has 0 radical (unpaired) electrons. The maximum absolute atomic E-state index is 11.9. The number of carbonyl (C=O) groups is 2. The Hall–Kier alpha value is -2.04. The van der Waals surface area contributed by atoms with Gasteiger partial charge in [-0.15, -0.1) is 0 Å². The second kappa shape index (κ2) is 5.39. The van der Waals surface area contributed by atoms with E-state index < -0.39 is 5.97 Å². The fourth-order valence-electron chi connectivity index (χ4n) is 3.33. The van der Waals surface area contributed by atoms with Crippen molar-refractivity contribution in [1.29, 1.82) is 0 Å². The molecule has 2 heterocycles. The van der Waals surface area contributed by atoms with Crippen LogP contribution in [0, 0.1) is 5.92 Å². The maximum atomic E-state index is 11.9. The summed E-state index contributed by atoms with van der Waals surface area (Å²) in [6.07, 6.45) is 2.10. The molecule has 21 heavy (non-hydrogen) atoms. The van der Waals surface area contributed by atoms with Crippen molar-refractivity contribution in [3.8, 4) is 0 Å². The van der Waals surface area contributed by atoms with Gasteiger partial charge in [0.1, 0.15) is 0 Å². The third kappa shape index (κ3) is 2.48. The largest absolute Gasteiger partial charge is 0.481 e. The number of aliphatic carboxylic acids is 1. The number of likely N-dealkylation sites (N-methyl/N-ethyl adjacent to an activating group) is 1.